The van der Waals surface area contributed by atoms with Gasteiger partial charge in [-0.3, -0.25) is 4.79 Å². The van der Waals surface area contributed by atoms with Gasteiger partial charge in [0.05, 0.1) is 5.02 Å². The highest BCUT2D eigenvalue weighted by Gasteiger charge is 2.21. The maximum Gasteiger partial charge on any atom is 0.336 e. The maximum absolute atomic E-state index is 12.7. The second-order valence-electron chi connectivity index (χ2n) is 7.75. The van der Waals surface area contributed by atoms with Crippen molar-refractivity contribution >= 4 is 28.5 Å². The summed E-state index contributed by atoms with van der Waals surface area (Å²) in [5, 5.41) is 1.05. The van der Waals surface area contributed by atoms with E-state index in [-0.39, 0.29) is 12.5 Å². The Kier molecular flexibility index (Phi) is 5.41. The molecule has 0 saturated carbocycles. The highest BCUT2D eigenvalue weighted by Crippen LogP contribution is 2.35. The fourth-order valence-electron chi connectivity index (χ4n) is 4.07. The number of hydrogen-bond acceptors (Lipinski definition) is 4. The molecule has 160 valence electrons. The van der Waals surface area contributed by atoms with Gasteiger partial charge in [-0.25, -0.2) is 4.79 Å². The number of amides is 1. The van der Waals surface area contributed by atoms with Gasteiger partial charge in [0.25, 0.3) is 5.91 Å². The van der Waals surface area contributed by atoms with Crippen molar-refractivity contribution in [2.45, 2.75) is 13.0 Å². The van der Waals surface area contributed by atoms with E-state index in [0.717, 1.165) is 23.1 Å². The predicted molar refractivity (Wildman–Crippen MR) is 124 cm³/mol. The largest absolute Gasteiger partial charge is 0.482 e. The molecule has 0 saturated heterocycles. The number of nitrogens with zero attached hydrogens (tertiary/aromatic N) is 1. The Morgan fingerprint density at radius 1 is 1.00 bits per heavy atom. The molecule has 0 spiro atoms. The van der Waals surface area contributed by atoms with Crippen LogP contribution in [0.2, 0.25) is 5.02 Å². The molecule has 6 heteroatoms. The van der Waals surface area contributed by atoms with Crippen molar-refractivity contribution in [3.8, 4) is 16.9 Å². The van der Waals surface area contributed by atoms with Crippen molar-refractivity contribution < 1.29 is 13.9 Å². The molecule has 32 heavy (non-hydrogen) atoms. The molecule has 0 unspecified atom stereocenters. The molecular weight excluding hydrogens is 426 g/mol. The first-order chi connectivity index (χ1) is 15.6. The fraction of sp³-hybridized carbons (Fsp3) is 0.154. The standard InChI is InChI=1S/C26H20ClNO4/c27-22-12-21-20(18-7-2-1-3-8-18)13-26(30)32-23(21)14-24(22)31-16-25(29)28-11-10-17-6-4-5-9-19(17)15-28/h1-9,12-14H,10-11,15-16H2. The van der Waals surface area contributed by atoms with Gasteiger partial charge >= 0.3 is 5.63 Å². The number of ether oxygens (including phenoxy) is 1. The van der Waals surface area contributed by atoms with E-state index >= 15 is 0 Å². The van der Waals surface area contributed by atoms with Crippen LogP contribution in [-0.2, 0) is 17.8 Å². The number of carbonyl (C=O) groups excluding carboxylic acids is 1. The minimum absolute atomic E-state index is 0.116. The number of fused-ring (bicyclic) bond motifs is 2. The summed E-state index contributed by atoms with van der Waals surface area (Å²) in [4.78, 5) is 26.7. The lowest BCUT2D eigenvalue weighted by Crippen LogP contribution is -2.38. The van der Waals surface area contributed by atoms with Gasteiger partial charge in [0, 0.05) is 30.6 Å². The zero-order valence-electron chi connectivity index (χ0n) is 17.2. The monoisotopic (exact) mass is 445 g/mol. The molecule has 5 rings (SSSR count). The second-order valence-corrected chi connectivity index (χ2v) is 8.15. The van der Waals surface area contributed by atoms with E-state index in [9.17, 15) is 9.59 Å². The van der Waals surface area contributed by atoms with Crippen LogP contribution in [0.15, 0.2) is 82.0 Å². The van der Waals surface area contributed by atoms with Crippen LogP contribution in [0, 0.1) is 0 Å². The molecule has 0 radical (unpaired) electrons. The van der Waals surface area contributed by atoms with E-state index in [2.05, 4.69) is 6.07 Å². The molecule has 4 aromatic rings. The fourth-order valence-corrected chi connectivity index (χ4v) is 4.29. The van der Waals surface area contributed by atoms with E-state index in [1.165, 1.54) is 11.6 Å². The van der Waals surface area contributed by atoms with Crippen LogP contribution < -0.4 is 10.4 Å². The number of benzene rings is 3. The Labute approximate surface area is 189 Å². The zero-order valence-corrected chi connectivity index (χ0v) is 18.0. The lowest BCUT2D eigenvalue weighted by Gasteiger charge is -2.28. The van der Waals surface area contributed by atoms with Crippen molar-refractivity contribution in [2.75, 3.05) is 13.2 Å². The highest BCUT2D eigenvalue weighted by atomic mass is 35.5. The van der Waals surface area contributed by atoms with Crippen LogP contribution in [0.4, 0.5) is 0 Å². The van der Waals surface area contributed by atoms with Gasteiger partial charge in [0.2, 0.25) is 0 Å². The first-order valence-corrected chi connectivity index (χ1v) is 10.8. The van der Waals surface area contributed by atoms with Crippen molar-refractivity contribution in [2.24, 2.45) is 0 Å². The minimum atomic E-state index is -0.465. The van der Waals surface area contributed by atoms with Crippen LogP contribution in [0.5, 0.6) is 5.75 Å². The maximum atomic E-state index is 12.7. The molecule has 1 aliphatic heterocycles. The lowest BCUT2D eigenvalue weighted by atomic mass is 10.00. The summed E-state index contributed by atoms with van der Waals surface area (Å²) >= 11 is 6.47. The molecule has 0 bridgehead atoms. The summed E-state index contributed by atoms with van der Waals surface area (Å²) in [5.74, 6) is 0.188. The van der Waals surface area contributed by atoms with E-state index < -0.39 is 5.63 Å². The van der Waals surface area contributed by atoms with E-state index in [4.69, 9.17) is 20.8 Å². The molecular formula is C26H20ClNO4. The SMILES string of the molecule is O=C(COc1cc2oc(=O)cc(-c3ccccc3)c2cc1Cl)N1CCc2ccccc2C1. The Hall–Kier alpha value is -3.57. The van der Waals surface area contributed by atoms with Gasteiger partial charge < -0.3 is 14.1 Å². The molecule has 0 atom stereocenters. The Morgan fingerprint density at radius 3 is 2.56 bits per heavy atom. The van der Waals surface area contributed by atoms with Gasteiger partial charge in [0.1, 0.15) is 11.3 Å². The first kappa shape index (κ1) is 20.3. The third-order valence-corrected chi connectivity index (χ3v) is 6.01. The Bertz CT molecular complexity index is 1360. The molecule has 1 amide bonds. The topological polar surface area (TPSA) is 59.8 Å². The molecule has 3 aromatic carbocycles. The molecule has 2 heterocycles. The first-order valence-electron chi connectivity index (χ1n) is 10.4. The summed E-state index contributed by atoms with van der Waals surface area (Å²) in [6, 6.07) is 22.4. The van der Waals surface area contributed by atoms with E-state index in [1.807, 2.05) is 48.5 Å². The smallest absolute Gasteiger partial charge is 0.336 e. The van der Waals surface area contributed by atoms with Crippen molar-refractivity contribution in [1.29, 1.82) is 0 Å². The summed E-state index contributed by atoms with van der Waals surface area (Å²) < 4.78 is 11.1. The number of hydrogen-bond donors (Lipinski definition) is 0. The normalized spacial score (nSPS) is 13.1. The van der Waals surface area contributed by atoms with Crippen LogP contribution in [-0.4, -0.2) is 24.0 Å². The van der Waals surface area contributed by atoms with Crippen molar-refractivity contribution in [3.05, 3.63) is 99.4 Å². The van der Waals surface area contributed by atoms with Gasteiger partial charge in [-0.05, 0) is 34.7 Å². The van der Waals surface area contributed by atoms with Gasteiger partial charge in [-0.15, -0.1) is 0 Å². The minimum Gasteiger partial charge on any atom is -0.482 e. The van der Waals surface area contributed by atoms with Gasteiger partial charge in [-0.1, -0.05) is 66.2 Å². The average Bonchev–Trinajstić information content (AvgIpc) is 2.82. The van der Waals surface area contributed by atoms with Crippen molar-refractivity contribution in [3.63, 3.8) is 0 Å². The molecule has 1 aromatic heterocycles. The van der Waals surface area contributed by atoms with E-state index in [1.54, 1.807) is 17.0 Å². The molecule has 0 fully saturated rings. The van der Waals surface area contributed by atoms with Crippen LogP contribution in [0.3, 0.4) is 0 Å². The van der Waals surface area contributed by atoms with Crippen molar-refractivity contribution in [1.82, 2.24) is 4.90 Å². The molecule has 0 N–H and O–H groups in total. The third kappa shape index (κ3) is 3.99. The highest BCUT2D eigenvalue weighted by molar-refractivity contribution is 6.33. The summed E-state index contributed by atoms with van der Waals surface area (Å²) in [5.41, 5.74) is 3.94. The summed E-state index contributed by atoms with van der Waals surface area (Å²) in [7, 11) is 0. The molecule has 0 aliphatic carbocycles. The predicted octanol–water partition coefficient (Wildman–Crippen LogP) is 5.08. The molecule has 5 nitrogen and oxygen atoms in total. The van der Waals surface area contributed by atoms with E-state index in [0.29, 0.717) is 34.8 Å². The van der Waals surface area contributed by atoms with Crippen LogP contribution >= 0.6 is 11.6 Å². The number of halogens is 1. The number of rotatable bonds is 4. The third-order valence-electron chi connectivity index (χ3n) is 5.72. The lowest BCUT2D eigenvalue weighted by molar-refractivity contribution is -0.134. The van der Waals surface area contributed by atoms with Crippen LogP contribution in [0.1, 0.15) is 11.1 Å². The molecule has 1 aliphatic rings. The quantitative estimate of drug-likeness (QED) is 0.411. The summed E-state index contributed by atoms with van der Waals surface area (Å²) in [6.07, 6.45) is 0.825. The second kappa shape index (κ2) is 8.52. The zero-order chi connectivity index (χ0) is 22.1. The van der Waals surface area contributed by atoms with Gasteiger partial charge in [-0.2, -0.15) is 0 Å². The average molecular weight is 446 g/mol. The Balaban J connectivity index is 1.38. The Morgan fingerprint density at radius 2 is 1.75 bits per heavy atom. The summed E-state index contributed by atoms with van der Waals surface area (Å²) in [6.45, 7) is 1.08. The number of carbonyl (C=O) groups is 1. The van der Waals surface area contributed by atoms with Crippen LogP contribution in [0.25, 0.3) is 22.1 Å². The van der Waals surface area contributed by atoms with Gasteiger partial charge in [0.15, 0.2) is 6.61 Å².